The minimum absolute atomic E-state index is 0.0501. The van der Waals surface area contributed by atoms with Crippen LogP contribution in [0.25, 0.3) is 0 Å². The highest BCUT2D eigenvalue weighted by Gasteiger charge is 2.33. The van der Waals surface area contributed by atoms with Crippen molar-refractivity contribution in [2.45, 2.75) is 76.4 Å². The van der Waals surface area contributed by atoms with Crippen LogP contribution in [0.2, 0.25) is 0 Å². The molecule has 3 amide bonds. The molecule has 0 spiro atoms. The number of ether oxygens (including phenoxy) is 1. The Bertz CT molecular complexity index is 932. The fourth-order valence-corrected chi connectivity index (χ4v) is 3.66. The second kappa shape index (κ2) is 14.0. The molecule has 1 saturated heterocycles. The minimum atomic E-state index is -0.882. The Hall–Kier alpha value is -2.91. The number of carbonyl (C=O) groups excluding carboxylic acids is 4. The van der Waals surface area contributed by atoms with Gasteiger partial charge in [0.1, 0.15) is 24.7 Å². The lowest BCUT2D eigenvalue weighted by Crippen LogP contribution is -2.60. The van der Waals surface area contributed by atoms with Gasteiger partial charge in [-0.2, -0.15) is 0 Å². The summed E-state index contributed by atoms with van der Waals surface area (Å²) in [4.78, 5) is 50.2. The van der Waals surface area contributed by atoms with E-state index in [-0.39, 0.29) is 25.4 Å². The Morgan fingerprint density at radius 2 is 1.92 bits per heavy atom. The van der Waals surface area contributed by atoms with Gasteiger partial charge in [-0.15, -0.1) is 11.6 Å². The molecule has 0 saturated carbocycles. The molecule has 3 N–H and O–H groups in total. The Balaban J connectivity index is 2.00. The highest BCUT2D eigenvalue weighted by atomic mass is 35.5. The van der Waals surface area contributed by atoms with Crippen LogP contribution in [0.5, 0.6) is 0 Å². The zero-order valence-corrected chi connectivity index (χ0v) is 22.1. The average Bonchev–Trinajstić information content (AvgIpc) is 2.85. The lowest BCUT2D eigenvalue weighted by Gasteiger charge is -2.34. The molecule has 36 heavy (non-hydrogen) atoms. The summed E-state index contributed by atoms with van der Waals surface area (Å²) < 4.78 is 5.27. The van der Waals surface area contributed by atoms with Crippen molar-refractivity contribution < 1.29 is 23.9 Å². The van der Waals surface area contributed by atoms with Gasteiger partial charge in [0.15, 0.2) is 0 Å². The van der Waals surface area contributed by atoms with Crippen LogP contribution in [0.1, 0.15) is 52.5 Å². The summed E-state index contributed by atoms with van der Waals surface area (Å²) >= 11 is 6.09. The highest BCUT2D eigenvalue weighted by Crippen LogP contribution is 2.15. The Morgan fingerprint density at radius 3 is 2.56 bits per heavy atom. The second-order valence-corrected chi connectivity index (χ2v) is 10.5. The third kappa shape index (κ3) is 9.99. The first-order valence-electron chi connectivity index (χ1n) is 12.2. The summed E-state index contributed by atoms with van der Waals surface area (Å²) in [6, 6.07) is 6.91. The van der Waals surface area contributed by atoms with Crippen molar-refractivity contribution in [2.24, 2.45) is 0 Å². The molecule has 1 fully saturated rings. The van der Waals surface area contributed by atoms with Gasteiger partial charge in [0.2, 0.25) is 11.8 Å². The zero-order valence-electron chi connectivity index (χ0n) is 21.4. The van der Waals surface area contributed by atoms with Crippen LogP contribution in [-0.2, 0) is 30.3 Å². The van der Waals surface area contributed by atoms with Crippen LogP contribution >= 0.6 is 11.6 Å². The number of nitrogens with one attached hydrogen (secondary N) is 3. The average molecular weight is 521 g/mol. The molecule has 2 rings (SSSR count). The standard InChI is InChI=1S/C26H37ClN4O5/c1-5-6-14-22(32)29-21(16-19-11-8-7-9-12-19)23(33)28-18(2)24(34)31-15-10-13-20(30-31)25(35)36-17-26(3,4)27/h5-9,11-12,18,20-21,30H,10,13-17H2,1-4H3,(H,28,33)(H,29,32)/b6-5+/t18-,20-,21-/m0/s1. The van der Waals surface area contributed by atoms with E-state index < -0.39 is 40.8 Å². The molecule has 0 radical (unpaired) electrons. The molecule has 1 aliphatic heterocycles. The number of esters is 1. The zero-order chi connectivity index (χ0) is 26.7. The molecular weight excluding hydrogens is 484 g/mol. The van der Waals surface area contributed by atoms with Gasteiger partial charge >= 0.3 is 5.97 Å². The van der Waals surface area contributed by atoms with Crippen molar-refractivity contribution >= 4 is 35.3 Å². The highest BCUT2D eigenvalue weighted by molar-refractivity contribution is 6.23. The number of alkyl halides is 1. The first-order chi connectivity index (χ1) is 17.0. The van der Waals surface area contributed by atoms with Gasteiger partial charge in [-0.3, -0.25) is 24.2 Å². The number of hydrogen-bond donors (Lipinski definition) is 3. The van der Waals surface area contributed by atoms with E-state index in [1.165, 1.54) is 5.01 Å². The maximum atomic E-state index is 13.1. The quantitative estimate of drug-likeness (QED) is 0.234. The lowest BCUT2D eigenvalue weighted by molar-refractivity contribution is -0.153. The van der Waals surface area contributed by atoms with Crippen molar-refractivity contribution in [3.8, 4) is 0 Å². The van der Waals surface area contributed by atoms with Gasteiger partial charge < -0.3 is 15.4 Å². The monoisotopic (exact) mass is 520 g/mol. The van der Waals surface area contributed by atoms with Crippen LogP contribution in [0.4, 0.5) is 0 Å². The molecule has 3 atom stereocenters. The predicted octanol–water partition coefficient (Wildman–Crippen LogP) is 2.24. The molecule has 10 heteroatoms. The normalized spacial score (nSPS) is 17.8. The van der Waals surface area contributed by atoms with Crippen molar-refractivity contribution in [1.29, 1.82) is 0 Å². The third-order valence-corrected chi connectivity index (χ3v) is 5.61. The first kappa shape index (κ1) is 29.3. The van der Waals surface area contributed by atoms with Crippen molar-refractivity contribution in [1.82, 2.24) is 21.1 Å². The largest absolute Gasteiger partial charge is 0.463 e. The van der Waals surface area contributed by atoms with Gasteiger partial charge in [-0.25, -0.2) is 5.43 Å². The summed E-state index contributed by atoms with van der Waals surface area (Å²) in [5.41, 5.74) is 3.78. The van der Waals surface area contributed by atoms with Gasteiger partial charge in [-0.1, -0.05) is 42.5 Å². The smallest absolute Gasteiger partial charge is 0.325 e. The summed E-state index contributed by atoms with van der Waals surface area (Å²) in [6.07, 6.45) is 5.01. The Kier molecular flexibility index (Phi) is 11.4. The number of rotatable bonds is 11. The fourth-order valence-electron chi connectivity index (χ4n) is 3.61. The van der Waals surface area contributed by atoms with Crippen LogP contribution in [-0.4, -0.2) is 64.9 Å². The number of amides is 3. The molecule has 0 aliphatic carbocycles. The summed E-state index contributed by atoms with van der Waals surface area (Å²) in [7, 11) is 0. The third-order valence-electron chi connectivity index (χ3n) is 5.50. The maximum absolute atomic E-state index is 13.1. The number of halogens is 1. The molecule has 198 valence electrons. The predicted molar refractivity (Wildman–Crippen MR) is 138 cm³/mol. The number of benzene rings is 1. The van der Waals surface area contributed by atoms with Crippen LogP contribution in [0, 0.1) is 0 Å². The molecule has 1 aliphatic rings. The molecular formula is C26H37ClN4O5. The van der Waals surface area contributed by atoms with Crippen LogP contribution in [0.15, 0.2) is 42.5 Å². The molecule has 1 heterocycles. The van der Waals surface area contributed by atoms with Crippen molar-refractivity contribution in [3.05, 3.63) is 48.0 Å². The van der Waals surface area contributed by atoms with Crippen LogP contribution in [0.3, 0.4) is 0 Å². The van der Waals surface area contributed by atoms with E-state index in [0.717, 1.165) is 5.56 Å². The minimum Gasteiger partial charge on any atom is -0.463 e. The van der Waals surface area contributed by atoms with Crippen molar-refractivity contribution in [3.63, 3.8) is 0 Å². The summed E-state index contributed by atoms with van der Waals surface area (Å²) in [6.45, 7) is 7.30. The molecule has 0 unspecified atom stereocenters. The van der Waals surface area contributed by atoms with E-state index in [2.05, 4.69) is 16.1 Å². The number of hydrogen-bond acceptors (Lipinski definition) is 6. The molecule has 9 nitrogen and oxygen atoms in total. The van der Waals surface area contributed by atoms with E-state index in [1.54, 1.807) is 32.9 Å². The van der Waals surface area contributed by atoms with Crippen molar-refractivity contribution in [2.75, 3.05) is 13.2 Å². The number of allylic oxidation sites excluding steroid dienone is 1. The second-order valence-electron chi connectivity index (χ2n) is 9.45. The fraction of sp³-hybridized carbons (Fsp3) is 0.538. The Labute approximate surface area is 217 Å². The SMILES string of the molecule is C/C=C/CC(=O)N[C@@H](Cc1ccccc1)C(=O)N[C@@H](C)C(=O)N1CCC[C@@H](C(=O)OCC(C)(C)Cl)N1. The molecule has 1 aromatic carbocycles. The van der Waals surface area contributed by atoms with Crippen LogP contribution < -0.4 is 16.1 Å². The molecule has 0 aromatic heterocycles. The van der Waals surface area contributed by atoms with E-state index >= 15 is 0 Å². The van der Waals surface area contributed by atoms with E-state index in [9.17, 15) is 19.2 Å². The summed E-state index contributed by atoms with van der Waals surface area (Å²) in [5, 5.41) is 6.81. The van der Waals surface area contributed by atoms with Gasteiger partial charge in [0.25, 0.3) is 5.91 Å². The number of hydrazine groups is 1. The van der Waals surface area contributed by atoms with E-state index in [1.807, 2.05) is 37.3 Å². The van der Waals surface area contributed by atoms with Gasteiger partial charge in [0, 0.05) is 19.4 Å². The van der Waals surface area contributed by atoms with E-state index in [4.69, 9.17) is 16.3 Å². The number of nitrogens with zero attached hydrogens (tertiary/aromatic N) is 1. The van der Waals surface area contributed by atoms with E-state index in [0.29, 0.717) is 19.4 Å². The maximum Gasteiger partial charge on any atom is 0.325 e. The topological polar surface area (TPSA) is 117 Å². The number of carbonyl (C=O) groups is 4. The summed E-state index contributed by atoms with van der Waals surface area (Å²) in [5.74, 6) is -1.63. The lowest BCUT2D eigenvalue weighted by atomic mass is 10.0. The Morgan fingerprint density at radius 1 is 1.22 bits per heavy atom. The molecule has 0 bridgehead atoms. The first-order valence-corrected chi connectivity index (χ1v) is 12.6. The van der Waals surface area contributed by atoms with Gasteiger partial charge in [-0.05, 0) is 46.1 Å². The molecule has 1 aromatic rings. The van der Waals surface area contributed by atoms with Gasteiger partial charge in [0.05, 0.1) is 4.87 Å².